The van der Waals surface area contributed by atoms with E-state index in [4.69, 9.17) is 0 Å². The molecular formula is C21H32N4O3S. The van der Waals surface area contributed by atoms with Gasteiger partial charge in [-0.05, 0) is 38.3 Å². The third kappa shape index (κ3) is 4.91. The average Bonchev–Trinajstić information content (AvgIpc) is 3.11. The van der Waals surface area contributed by atoms with Crippen LogP contribution in [-0.2, 0) is 27.7 Å². The molecule has 0 saturated carbocycles. The Balaban J connectivity index is 1.52. The van der Waals surface area contributed by atoms with Gasteiger partial charge in [-0.2, -0.15) is 0 Å². The summed E-state index contributed by atoms with van der Waals surface area (Å²) in [5.41, 5.74) is 2.46. The fourth-order valence-corrected chi connectivity index (χ4v) is 5.20. The van der Waals surface area contributed by atoms with Gasteiger partial charge >= 0.3 is 0 Å². The second kappa shape index (κ2) is 8.73. The molecule has 2 aliphatic rings. The third-order valence-corrected chi connectivity index (χ3v) is 8.21. The molecular weight excluding hydrogens is 388 g/mol. The van der Waals surface area contributed by atoms with E-state index in [1.54, 1.807) is 13.8 Å². The Labute approximate surface area is 174 Å². The standard InChI is InChI=1S/C21H32N4O3S/c1-4-22-20(24-12-13-29(27,28)21(2,3)16-24)23-11-7-10-19(26)25-14-17-8-5-6-9-18(17)15-25/h5-6,8-9H,4,7,10-16H2,1-3H3,(H,22,23). The van der Waals surface area contributed by atoms with Crippen LogP contribution in [0.4, 0.5) is 0 Å². The van der Waals surface area contributed by atoms with E-state index in [-0.39, 0.29) is 11.7 Å². The third-order valence-electron chi connectivity index (χ3n) is 5.68. The molecule has 1 fully saturated rings. The quantitative estimate of drug-likeness (QED) is 0.446. The highest BCUT2D eigenvalue weighted by atomic mass is 32.2. The largest absolute Gasteiger partial charge is 0.357 e. The second-order valence-electron chi connectivity index (χ2n) is 8.36. The monoisotopic (exact) mass is 420 g/mol. The van der Waals surface area contributed by atoms with E-state index in [0.29, 0.717) is 52.1 Å². The Morgan fingerprint density at radius 2 is 1.83 bits per heavy atom. The first-order chi connectivity index (χ1) is 13.7. The van der Waals surface area contributed by atoms with Crippen LogP contribution in [0.25, 0.3) is 0 Å². The van der Waals surface area contributed by atoms with E-state index in [9.17, 15) is 13.2 Å². The van der Waals surface area contributed by atoms with Crippen molar-refractivity contribution >= 4 is 21.7 Å². The number of nitrogens with one attached hydrogen (secondary N) is 1. The molecule has 0 unspecified atom stereocenters. The number of amides is 1. The van der Waals surface area contributed by atoms with Crippen molar-refractivity contribution < 1.29 is 13.2 Å². The minimum Gasteiger partial charge on any atom is -0.357 e. The first kappa shape index (κ1) is 21.6. The second-order valence-corrected chi connectivity index (χ2v) is 11.1. The van der Waals surface area contributed by atoms with E-state index in [2.05, 4.69) is 22.4 Å². The number of carbonyl (C=O) groups is 1. The molecule has 2 heterocycles. The minimum atomic E-state index is -3.09. The summed E-state index contributed by atoms with van der Waals surface area (Å²) in [6, 6.07) is 8.18. The Bertz CT molecular complexity index is 855. The van der Waals surface area contributed by atoms with Crippen LogP contribution in [-0.4, -0.2) is 66.8 Å². The van der Waals surface area contributed by atoms with Gasteiger partial charge in [-0.1, -0.05) is 24.3 Å². The highest BCUT2D eigenvalue weighted by Gasteiger charge is 2.40. The summed E-state index contributed by atoms with van der Waals surface area (Å²) in [6.07, 6.45) is 1.15. The van der Waals surface area contributed by atoms with Crippen molar-refractivity contribution in [3.63, 3.8) is 0 Å². The first-order valence-corrected chi connectivity index (χ1v) is 12.0. The molecule has 2 aliphatic heterocycles. The predicted octanol–water partition coefficient (Wildman–Crippen LogP) is 1.78. The number of fused-ring (bicyclic) bond motifs is 1. The number of sulfone groups is 1. The van der Waals surface area contributed by atoms with E-state index in [1.165, 1.54) is 11.1 Å². The first-order valence-electron chi connectivity index (χ1n) is 10.3. The summed E-state index contributed by atoms with van der Waals surface area (Å²) in [7, 11) is -3.09. The summed E-state index contributed by atoms with van der Waals surface area (Å²) < 4.78 is 23.7. The van der Waals surface area contributed by atoms with Crippen molar-refractivity contribution in [2.24, 2.45) is 4.99 Å². The van der Waals surface area contributed by atoms with Gasteiger partial charge in [0, 0.05) is 45.7 Å². The van der Waals surface area contributed by atoms with Gasteiger partial charge in [-0.25, -0.2) is 8.42 Å². The molecule has 29 heavy (non-hydrogen) atoms. The molecule has 1 amide bonds. The molecule has 1 aromatic carbocycles. The molecule has 160 valence electrons. The Kier molecular flexibility index (Phi) is 6.51. The predicted molar refractivity (Wildman–Crippen MR) is 115 cm³/mol. The number of guanidine groups is 1. The lowest BCUT2D eigenvalue weighted by Crippen LogP contribution is -2.57. The van der Waals surface area contributed by atoms with Crippen molar-refractivity contribution in [1.29, 1.82) is 0 Å². The fourth-order valence-electron chi connectivity index (χ4n) is 3.83. The van der Waals surface area contributed by atoms with Crippen LogP contribution in [0, 0.1) is 0 Å². The van der Waals surface area contributed by atoms with Crippen molar-refractivity contribution in [2.75, 3.05) is 31.9 Å². The van der Waals surface area contributed by atoms with Gasteiger partial charge in [0.25, 0.3) is 0 Å². The number of carbonyl (C=O) groups excluding carboxylic acids is 1. The minimum absolute atomic E-state index is 0.137. The zero-order valence-electron chi connectivity index (χ0n) is 17.6. The van der Waals surface area contributed by atoms with Crippen LogP contribution in [0.1, 0.15) is 44.7 Å². The molecule has 1 N–H and O–H groups in total. The Hall–Kier alpha value is -2.09. The fraction of sp³-hybridized carbons (Fsp3) is 0.619. The molecule has 0 bridgehead atoms. The van der Waals surface area contributed by atoms with Crippen LogP contribution in [0.2, 0.25) is 0 Å². The van der Waals surface area contributed by atoms with Gasteiger partial charge in [-0.3, -0.25) is 9.79 Å². The summed E-state index contributed by atoms with van der Waals surface area (Å²) in [4.78, 5) is 21.1. The van der Waals surface area contributed by atoms with Crippen LogP contribution in [0.3, 0.4) is 0 Å². The molecule has 0 spiro atoms. The average molecular weight is 421 g/mol. The number of rotatable bonds is 5. The zero-order valence-corrected chi connectivity index (χ0v) is 18.5. The topological polar surface area (TPSA) is 82.1 Å². The van der Waals surface area contributed by atoms with Gasteiger partial charge in [0.05, 0.1) is 10.5 Å². The normalized spacial score (nSPS) is 20.4. The van der Waals surface area contributed by atoms with Gasteiger partial charge in [0.2, 0.25) is 5.91 Å². The zero-order chi connectivity index (χ0) is 21.1. The maximum Gasteiger partial charge on any atom is 0.223 e. The van der Waals surface area contributed by atoms with Crippen molar-refractivity contribution in [1.82, 2.24) is 15.1 Å². The SMILES string of the molecule is CCNC(=NCCCC(=O)N1Cc2ccccc2C1)N1CCS(=O)(=O)C(C)(C)C1. The lowest BCUT2D eigenvalue weighted by molar-refractivity contribution is -0.131. The maximum atomic E-state index is 12.5. The molecule has 0 atom stereocenters. The molecule has 0 aliphatic carbocycles. The number of benzene rings is 1. The number of nitrogens with zero attached hydrogens (tertiary/aromatic N) is 3. The van der Waals surface area contributed by atoms with Crippen LogP contribution in [0.5, 0.6) is 0 Å². The summed E-state index contributed by atoms with van der Waals surface area (Å²) >= 11 is 0. The lowest BCUT2D eigenvalue weighted by Gasteiger charge is -2.39. The van der Waals surface area contributed by atoms with E-state index in [0.717, 1.165) is 5.96 Å². The lowest BCUT2D eigenvalue weighted by atomic mass is 10.1. The smallest absolute Gasteiger partial charge is 0.223 e. The van der Waals surface area contributed by atoms with Crippen LogP contribution < -0.4 is 5.32 Å². The van der Waals surface area contributed by atoms with Crippen molar-refractivity contribution in [3.05, 3.63) is 35.4 Å². The van der Waals surface area contributed by atoms with Gasteiger partial charge in [0.1, 0.15) is 0 Å². The van der Waals surface area contributed by atoms with Gasteiger partial charge < -0.3 is 15.1 Å². The highest BCUT2D eigenvalue weighted by Crippen LogP contribution is 2.24. The molecule has 1 aromatic rings. The number of hydrogen-bond donors (Lipinski definition) is 1. The number of aliphatic imine (C=N–C) groups is 1. The molecule has 0 aromatic heterocycles. The Morgan fingerprint density at radius 3 is 2.41 bits per heavy atom. The summed E-state index contributed by atoms with van der Waals surface area (Å²) in [6.45, 7) is 9.04. The van der Waals surface area contributed by atoms with E-state index >= 15 is 0 Å². The summed E-state index contributed by atoms with van der Waals surface area (Å²) in [5, 5.41) is 3.26. The Morgan fingerprint density at radius 1 is 1.17 bits per heavy atom. The summed E-state index contributed by atoms with van der Waals surface area (Å²) in [5.74, 6) is 1.03. The van der Waals surface area contributed by atoms with Crippen LogP contribution >= 0.6 is 0 Å². The van der Waals surface area contributed by atoms with Crippen LogP contribution in [0.15, 0.2) is 29.3 Å². The van der Waals surface area contributed by atoms with Crippen molar-refractivity contribution in [2.45, 2.75) is 51.4 Å². The van der Waals surface area contributed by atoms with E-state index in [1.807, 2.05) is 28.9 Å². The van der Waals surface area contributed by atoms with Gasteiger partial charge in [-0.15, -0.1) is 0 Å². The number of hydrogen-bond acceptors (Lipinski definition) is 4. The van der Waals surface area contributed by atoms with Gasteiger partial charge in [0.15, 0.2) is 15.8 Å². The maximum absolute atomic E-state index is 12.5. The molecule has 8 heteroatoms. The highest BCUT2D eigenvalue weighted by molar-refractivity contribution is 7.92. The molecule has 1 saturated heterocycles. The van der Waals surface area contributed by atoms with Crippen molar-refractivity contribution in [3.8, 4) is 0 Å². The molecule has 7 nitrogen and oxygen atoms in total. The van der Waals surface area contributed by atoms with E-state index < -0.39 is 14.6 Å². The molecule has 0 radical (unpaired) electrons. The molecule has 3 rings (SSSR count).